The normalized spacial score (nSPS) is 10.0. The van der Waals surface area contributed by atoms with Gasteiger partial charge >= 0.3 is 5.97 Å². The predicted octanol–water partition coefficient (Wildman–Crippen LogP) is 2.94. The third kappa shape index (κ3) is 3.13. The van der Waals surface area contributed by atoms with Crippen LogP contribution in [0.25, 0.3) is 11.3 Å². The largest absolute Gasteiger partial charge is 0.493 e. The zero-order valence-corrected chi connectivity index (χ0v) is 12.3. The number of carbonyl (C=O) groups excluding carboxylic acids is 1. The quantitative estimate of drug-likeness (QED) is 0.791. The Labute approximate surface area is 123 Å². The van der Waals surface area contributed by atoms with Gasteiger partial charge < -0.3 is 14.2 Å². The molecule has 0 aliphatic carbocycles. The second kappa shape index (κ2) is 6.74. The van der Waals surface area contributed by atoms with Crippen molar-refractivity contribution in [2.45, 2.75) is 6.92 Å². The van der Waals surface area contributed by atoms with Crippen molar-refractivity contribution in [1.29, 1.82) is 0 Å². The van der Waals surface area contributed by atoms with Gasteiger partial charge in [-0.2, -0.15) is 0 Å². The van der Waals surface area contributed by atoms with Crippen LogP contribution in [0.15, 0.2) is 36.5 Å². The van der Waals surface area contributed by atoms with E-state index < -0.39 is 5.97 Å². The van der Waals surface area contributed by atoms with Crippen molar-refractivity contribution < 1.29 is 19.0 Å². The first-order valence-electron chi connectivity index (χ1n) is 6.55. The summed E-state index contributed by atoms with van der Waals surface area (Å²) in [6, 6.07) is 8.78. The minimum atomic E-state index is -0.393. The molecule has 110 valence electrons. The molecule has 0 fully saturated rings. The van der Waals surface area contributed by atoms with Gasteiger partial charge in [-0.15, -0.1) is 0 Å². The summed E-state index contributed by atoms with van der Waals surface area (Å²) >= 11 is 0. The topological polar surface area (TPSA) is 57.7 Å². The molecule has 0 saturated heterocycles. The van der Waals surface area contributed by atoms with E-state index in [1.807, 2.05) is 6.07 Å². The highest BCUT2D eigenvalue weighted by Gasteiger charge is 2.16. The Hall–Kier alpha value is -2.56. The molecular formula is C16H17NO4. The number of esters is 1. The highest BCUT2D eigenvalue weighted by atomic mass is 16.5. The first-order valence-corrected chi connectivity index (χ1v) is 6.55. The minimum Gasteiger partial charge on any atom is -0.493 e. The molecule has 5 heteroatoms. The van der Waals surface area contributed by atoms with Gasteiger partial charge in [0.15, 0.2) is 11.5 Å². The smallest absolute Gasteiger partial charge is 0.340 e. The lowest BCUT2D eigenvalue weighted by atomic mass is 10.1. The van der Waals surface area contributed by atoms with Crippen molar-refractivity contribution in [3.63, 3.8) is 0 Å². The molecule has 0 atom stereocenters. The van der Waals surface area contributed by atoms with E-state index in [0.717, 1.165) is 5.56 Å². The number of methoxy groups -OCH3 is 2. The molecule has 2 aromatic rings. The molecule has 0 N–H and O–H groups in total. The molecule has 1 heterocycles. The van der Waals surface area contributed by atoms with E-state index in [9.17, 15) is 4.79 Å². The number of rotatable bonds is 5. The van der Waals surface area contributed by atoms with Crippen molar-refractivity contribution in [3.05, 3.63) is 42.1 Å². The summed E-state index contributed by atoms with van der Waals surface area (Å²) in [5.41, 5.74) is 1.74. The van der Waals surface area contributed by atoms with Gasteiger partial charge in [-0.1, -0.05) is 0 Å². The number of ether oxygens (including phenoxy) is 3. The summed E-state index contributed by atoms with van der Waals surface area (Å²) in [5, 5.41) is 0. The van der Waals surface area contributed by atoms with Crippen LogP contribution in [0.2, 0.25) is 0 Å². The average Bonchev–Trinajstić information content (AvgIpc) is 2.54. The summed E-state index contributed by atoms with van der Waals surface area (Å²) in [6.07, 6.45) is 1.63. The molecule has 2 rings (SSSR count). The van der Waals surface area contributed by atoms with Crippen LogP contribution in [0.5, 0.6) is 11.5 Å². The van der Waals surface area contributed by atoms with Crippen LogP contribution in [0.3, 0.4) is 0 Å². The molecule has 0 radical (unpaired) electrons. The van der Waals surface area contributed by atoms with E-state index in [2.05, 4.69) is 4.98 Å². The molecule has 0 saturated carbocycles. The van der Waals surface area contributed by atoms with Gasteiger partial charge in [-0.25, -0.2) is 4.79 Å². The Kier molecular flexibility index (Phi) is 4.77. The number of hydrogen-bond donors (Lipinski definition) is 0. The Morgan fingerprint density at radius 3 is 2.57 bits per heavy atom. The molecular weight excluding hydrogens is 270 g/mol. The SMILES string of the molecule is CCOC(=O)c1cccnc1-c1ccc(OC)c(OC)c1. The third-order valence-corrected chi connectivity index (χ3v) is 2.96. The molecule has 0 aliphatic rings. The van der Waals surface area contributed by atoms with Crippen LogP contribution in [0, 0.1) is 0 Å². The lowest BCUT2D eigenvalue weighted by molar-refractivity contribution is 0.0527. The van der Waals surface area contributed by atoms with Crippen LogP contribution in [-0.4, -0.2) is 31.8 Å². The van der Waals surface area contributed by atoms with Gasteiger partial charge in [0.25, 0.3) is 0 Å². The summed E-state index contributed by atoms with van der Waals surface area (Å²) in [7, 11) is 3.13. The number of benzene rings is 1. The zero-order valence-electron chi connectivity index (χ0n) is 12.3. The molecule has 1 aromatic carbocycles. The molecule has 21 heavy (non-hydrogen) atoms. The summed E-state index contributed by atoms with van der Waals surface area (Å²) in [4.78, 5) is 16.3. The number of hydrogen-bond acceptors (Lipinski definition) is 5. The minimum absolute atomic E-state index is 0.319. The Bertz CT molecular complexity index is 640. The molecule has 1 aromatic heterocycles. The maximum atomic E-state index is 12.0. The van der Waals surface area contributed by atoms with Crippen molar-refractivity contribution in [2.75, 3.05) is 20.8 Å². The fraction of sp³-hybridized carbons (Fsp3) is 0.250. The molecule has 0 bridgehead atoms. The van der Waals surface area contributed by atoms with Crippen LogP contribution >= 0.6 is 0 Å². The fourth-order valence-electron chi connectivity index (χ4n) is 1.99. The first-order chi connectivity index (χ1) is 10.2. The third-order valence-electron chi connectivity index (χ3n) is 2.96. The standard InChI is InChI=1S/C16H17NO4/c1-4-21-16(18)12-6-5-9-17-15(12)11-7-8-13(19-2)14(10-11)20-3/h5-10H,4H2,1-3H3. The van der Waals surface area contributed by atoms with E-state index in [1.54, 1.807) is 51.6 Å². The van der Waals surface area contributed by atoms with E-state index in [1.165, 1.54) is 0 Å². The Morgan fingerprint density at radius 1 is 1.14 bits per heavy atom. The molecule has 0 unspecified atom stereocenters. The van der Waals surface area contributed by atoms with Gasteiger partial charge in [-0.05, 0) is 37.3 Å². The van der Waals surface area contributed by atoms with Crippen LogP contribution in [0.1, 0.15) is 17.3 Å². The first kappa shape index (κ1) is 14.8. The van der Waals surface area contributed by atoms with Crippen LogP contribution < -0.4 is 9.47 Å². The fourth-order valence-corrected chi connectivity index (χ4v) is 1.99. The number of carbonyl (C=O) groups is 1. The second-order valence-corrected chi connectivity index (χ2v) is 4.19. The maximum Gasteiger partial charge on any atom is 0.340 e. The lowest BCUT2D eigenvalue weighted by Gasteiger charge is -2.11. The van der Waals surface area contributed by atoms with Crippen LogP contribution in [-0.2, 0) is 4.74 Å². The highest BCUT2D eigenvalue weighted by Crippen LogP contribution is 2.32. The Balaban J connectivity index is 2.49. The number of pyridine rings is 1. The second-order valence-electron chi connectivity index (χ2n) is 4.19. The van der Waals surface area contributed by atoms with Crippen molar-refractivity contribution in [3.8, 4) is 22.8 Å². The maximum absolute atomic E-state index is 12.0. The van der Waals surface area contributed by atoms with E-state index in [0.29, 0.717) is 29.4 Å². The summed E-state index contributed by atoms with van der Waals surface area (Å²) < 4.78 is 15.5. The van der Waals surface area contributed by atoms with E-state index >= 15 is 0 Å². The Morgan fingerprint density at radius 2 is 1.90 bits per heavy atom. The molecule has 5 nitrogen and oxygen atoms in total. The molecule has 0 spiro atoms. The molecule has 0 amide bonds. The number of aromatic nitrogens is 1. The van der Waals surface area contributed by atoms with Gasteiger partial charge in [0, 0.05) is 11.8 Å². The molecule has 0 aliphatic heterocycles. The van der Waals surface area contributed by atoms with Crippen molar-refractivity contribution >= 4 is 5.97 Å². The van der Waals surface area contributed by atoms with Crippen molar-refractivity contribution in [2.24, 2.45) is 0 Å². The van der Waals surface area contributed by atoms with E-state index in [4.69, 9.17) is 14.2 Å². The van der Waals surface area contributed by atoms with Crippen molar-refractivity contribution in [1.82, 2.24) is 4.98 Å². The van der Waals surface area contributed by atoms with Gasteiger partial charge in [0.2, 0.25) is 0 Å². The van der Waals surface area contributed by atoms with E-state index in [-0.39, 0.29) is 0 Å². The summed E-state index contributed by atoms with van der Waals surface area (Å²) in [5.74, 6) is 0.806. The summed E-state index contributed by atoms with van der Waals surface area (Å²) in [6.45, 7) is 2.09. The van der Waals surface area contributed by atoms with Crippen LogP contribution in [0.4, 0.5) is 0 Å². The van der Waals surface area contributed by atoms with Gasteiger partial charge in [0.05, 0.1) is 32.1 Å². The predicted molar refractivity (Wildman–Crippen MR) is 78.7 cm³/mol. The van der Waals surface area contributed by atoms with Gasteiger partial charge in [-0.3, -0.25) is 4.98 Å². The lowest BCUT2D eigenvalue weighted by Crippen LogP contribution is -2.07. The highest BCUT2D eigenvalue weighted by molar-refractivity contribution is 5.96. The average molecular weight is 287 g/mol. The zero-order chi connectivity index (χ0) is 15.2. The van der Waals surface area contributed by atoms with Gasteiger partial charge in [0.1, 0.15) is 0 Å². The monoisotopic (exact) mass is 287 g/mol. The number of nitrogens with zero attached hydrogens (tertiary/aromatic N) is 1.